The van der Waals surface area contributed by atoms with Crippen LogP contribution in [-0.4, -0.2) is 44.3 Å². The maximum atomic E-state index is 13.0. The van der Waals surface area contributed by atoms with Gasteiger partial charge in [-0.1, -0.05) is 19.1 Å². The van der Waals surface area contributed by atoms with Crippen molar-refractivity contribution in [2.75, 3.05) is 13.2 Å². The van der Waals surface area contributed by atoms with E-state index in [1.165, 1.54) is 48.5 Å². The Labute approximate surface area is 207 Å². The number of amides is 2. The quantitative estimate of drug-likeness (QED) is 0.399. The first-order valence-corrected chi connectivity index (χ1v) is 12.5. The van der Waals surface area contributed by atoms with Gasteiger partial charge in [-0.3, -0.25) is 9.59 Å². The molecular formula is C25H24FN3O6S. The number of esters is 1. The van der Waals surface area contributed by atoms with Crippen LogP contribution in [0.3, 0.4) is 0 Å². The molecule has 188 valence electrons. The number of nitrogens with zero attached hydrogens (tertiary/aromatic N) is 1. The van der Waals surface area contributed by atoms with Gasteiger partial charge >= 0.3 is 5.97 Å². The summed E-state index contributed by atoms with van der Waals surface area (Å²) in [4.78, 5) is 40.1. The zero-order valence-corrected chi connectivity index (χ0v) is 20.2. The fraction of sp³-hybridized carbons (Fsp3) is 0.200. The molecule has 0 aliphatic carbocycles. The predicted molar refractivity (Wildman–Crippen MR) is 128 cm³/mol. The first-order chi connectivity index (χ1) is 17.2. The summed E-state index contributed by atoms with van der Waals surface area (Å²) >= 11 is 0. The largest absolute Gasteiger partial charge is 0.461 e. The summed E-state index contributed by atoms with van der Waals surface area (Å²) in [6.45, 7) is 2.39. The predicted octanol–water partition coefficient (Wildman–Crippen LogP) is 2.88. The van der Waals surface area contributed by atoms with Gasteiger partial charge in [0.15, 0.2) is 0 Å². The molecule has 3 aromatic rings. The van der Waals surface area contributed by atoms with Crippen molar-refractivity contribution in [3.8, 4) is 0 Å². The molecule has 0 saturated carbocycles. The first-order valence-electron chi connectivity index (χ1n) is 11.0. The van der Waals surface area contributed by atoms with Gasteiger partial charge in [0, 0.05) is 18.3 Å². The van der Waals surface area contributed by atoms with Crippen LogP contribution >= 0.6 is 0 Å². The maximum Gasteiger partial charge on any atom is 0.356 e. The number of carbonyl (C=O) groups is 3. The van der Waals surface area contributed by atoms with Crippen molar-refractivity contribution < 1.29 is 31.9 Å². The third-order valence-electron chi connectivity index (χ3n) is 4.94. The minimum atomic E-state index is -4.23. The Morgan fingerprint density at radius 1 is 0.917 bits per heavy atom. The van der Waals surface area contributed by atoms with E-state index in [4.69, 9.17) is 4.74 Å². The van der Waals surface area contributed by atoms with E-state index in [0.717, 1.165) is 11.8 Å². The Morgan fingerprint density at radius 3 is 2.19 bits per heavy atom. The number of ether oxygens (including phenoxy) is 1. The molecule has 1 heterocycles. The number of hydrogen-bond acceptors (Lipinski definition) is 7. The Balaban J connectivity index is 1.56. The van der Waals surface area contributed by atoms with Crippen LogP contribution in [0.15, 0.2) is 71.8 Å². The number of carbonyl (C=O) groups excluding carboxylic acids is 3. The third-order valence-corrected chi connectivity index (χ3v) is 6.29. The van der Waals surface area contributed by atoms with Crippen molar-refractivity contribution in [3.63, 3.8) is 0 Å². The number of hydrogen-bond donors (Lipinski definition) is 2. The minimum absolute atomic E-state index is 0.00520. The average Bonchev–Trinajstić information content (AvgIpc) is 2.88. The Kier molecular flexibility index (Phi) is 8.85. The highest BCUT2D eigenvalue weighted by molar-refractivity contribution is 7.90. The third kappa shape index (κ3) is 7.19. The van der Waals surface area contributed by atoms with Crippen LogP contribution in [-0.2, 0) is 21.2 Å². The molecule has 2 N–H and O–H groups in total. The van der Waals surface area contributed by atoms with Gasteiger partial charge in [-0.05, 0) is 66.9 Å². The molecule has 3 rings (SSSR count). The smallest absolute Gasteiger partial charge is 0.356 e. The first kappa shape index (κ1) is 26.5. The van der Waals surface area contributed by atoms with Crippen molar-refractivity contribution in [2.24, 2.45) is 0 Å². The molecule has 0 aliphatic rings. The summed E-state index contributed by atoms with van der Waals surface area (Å²) in [7, 11) is -4.23. The van der Waals surface area contributed by atoms with Gasteiger partial charge in [-0.15, -0.1) is 0 Å². The fourth-order valence-corrected chi connectivity index (χ4v) is 3.99. The van der Waals surface area contributed by atoms with Gasteiger partial charge in [-0.25, -0.2) is 27.3 Å². The minimum Gasteiger partial charge on any atom is -0.461 e. The lowest BCUT2D eigenvalue weighted by molar-refractivity contribution is 0.0497. The molecule has 9 nitrogen and oxygen atoms in total. The molecule has 36 heavy (non-hydrogen) atoms. The second-order valence-electron chi connectivity index (χ2n) is 7.66. The lowest BCUT2D eigenvalue weighted by atomic mass is 10.1. The van der Waals surface area contributed by atoms with Gasteiger partial charge in [0.05, 0.1) is 17.1 Å². The molecule has 0 unspecified atom stereocenters. The zero-order chi connectivity index (χ0) is 26.1. The molecule has 1 aromatic heterocycles. The molecule has 2 aromatic carbocycles. The number of aromatic nitrogens is 1. The summed E-state index contributed by atoms with van der Waals surface area (Å²) in [6.07, 6.45) is 2.22. The number of sulfonamides is 1. The van der Waals surface area contributed by atoms with Crippen LogP contribution in [0, 0.1) is 5.82 Å². The van der Waals surface area contributed by atoms with Crippen LogP contribution in [0.1, 0.15) is 50.1 Å². The number of nitrogens with one attached hydrogen (secondary N) is 2. The van der Waals surface area contributed by atoms with Crippen LogP contribution in [0.4, 0.5) is 4.39 Å². The summed E-state index contributed by atoms with van der Waals surface area (Å²) < 4.78 is 45.0. The Bertz CT molecular complexity index is 1330. The van der Waals surface area contributed by atoms with E-state index in [9.17, 15) is 27.2 Å². The highest BCUT2D eigenvalue weighted by Gasteiger charge is 2.20. The molecule has 0 bridgehead atoms. The van der Waals surface area contributed by atoms with Crippen LogP contribution in [0.2, 0.25) is 0 Å². The topological polar surface area (TPSA) is 132 Å². The van der Waals surface area contributed by atoms with Crippen molar-refractivity contribution in [3.05, 3.63) is 95.1 Å². The second-order valence-corrected chi connectivity index (χ2v) is 9.34. The lowest BCUT2D eigenvalue weighted by Gasteiger charge is -2.09. The number of halogens is 1. The van der Waals surface area contributed by atoms with E-state index in [2.05, 4.69) is 10.3 Å². The van der Waals surface area contributed by atoms with Crippen molar-refractivity contribution in [1.82, 2.24) is 15.0 Å². The summed E-state index contributed by atoms with van der Waals surface area (Å²) in [5.41, 5.74) is 1.02. The van der Waals surface area contributed by atoms with E-state index in [1.807, 2.05) is 11.6 Å². The molecule has 0 saturated heterocycles. The van der Waals surface area contributed by atoms with Gasteiger partial charge in [-0.2, -0.15) is 0 Å². The number of rotatable bonds is 10. The molecule has 0 spiro atoms. The van der Waals surface area contributed by atoms with E-state index in [1.54, 1.807) is 12.1 Å². The summed E-state index contributed by atoms with van der Waals surface area (Å²) in [5, 5.41) is 2.71. The normalized spacial score (nSPS) is 10.9. The molecule has 0 aliphatic heterocycles. The molecule has 11 heteroatoms. The monoisotopic (exact) mass is 513 g/mol. The zero-order valence-electron chi connectivity index (χ0n) is 19.4. The second kappa shape index (κ2) is 12.0. The van der Waals surface area contributed by atoms with Gasteiger partial charge < -0.3 is 10.1 Å². The summed E-state index contributed by atoms with van der Waals surface area (Å²) in [6, 6.07) is 13.5. The van der Waals surface area contributed by atoms with E-state index in [0.29, 0.717) is 19.4 Å². The van der Waals surface area contributed by atoms with Crippen LogP contribution in [0.5, 0.6) is 0 Å². The van der Waals surface area contributed by atoms with Gasteiger partial charge in [0.25, 0.3) is 21.8 Å². The van der Waals surface area contributed by atoms with Crippen LogP contribution in [0.25, 0.3) is 0 Å². The van der Waals surface area contributed by atoms with E-state index >= 15 is 0 Å². The fourth-order valence-electron chi connectivity index (χ4n) is 3.02. The lowest BCUT2D eigenvalue weighted by Crippen LogP contribution is -2.31. The molecular weight excluding hydrogens is 489 g/mol. The Morgan fingerprint density at radius 2 is 1.58 bits per heavy atom. The molecule has 0 atom stereocenters. The maximum absolute atomic E-state index is 13.0. The number of benzene rings is 2. The molecule has 2 amide bonds. The highest BCUT2D eigenvalue weighted by Crippen LogP contribution is 2.12. The Hall–Kier alpha value is -4.12. The van der Waals surface area contributed by atoms with Crippen molar-refractivity contribution in [2.45, 2.75) is 24.7 Å². The molecule has 0 fully saturated rings. The number of pyridine rings is 1. The summed E-state index contributed by atoms with van der Waals surface area (Å²) in [5.74, 6) is -2.32. The average molecular weight is 514 g/mol. The van der Waals surface area contributed by atoms with E-state index in [-0.39, 0.29) is 34.1 Å². The molecule has 0 radical (unpaired) electrons. The highest BCUT2D eigenvalue weighted by atomic mass is 32.2. The van der Waals surface area contributed by atoms with Gasteiger partial charge in [0.1, 0.15) is 11.5 Å². The standard InChI is InChI=1S/C25H24FN3O6S/c1-2-15-35-25(32)22-12-7-19(16-28-22)24(31)29-36(33,34)21-10-5-18(6-11-21)23(30)27-14-13-17-3-8-20(26)9-4-17/h3-12,16H,2,13-15H2,1H3,(H,27,30)(H,29,31). The van der Waals surface area contributed by atoms with Crippen LogP contribution < -0.4 is 10.0 Å². The van der Waals surface area contributed by atoms with E-state index < -0.39 is 27.8 Å². The van der Waals surface area contributed by atoms with Gasteiger partial charge in [0.2, 0.25) is 0 Å². The SMILES string of the molecule is CCCOC(=O)c1ccc(C(=O)NS(=O)(=O)c2ccc(C(=O)NCCc3ccc(F)cc3)cc2)cn1. The van der Waals surface area contributed by atoms with Crippen molar-refractivity contribution >= 4 is 27.8 Å². The van der Waals surface area contributed by atoms with Crippen molar-refractivity contribution in [1.29, 1.82) is 0 Å².